The summed E-state index contributed by atoms with van der Waals surface area (Å²) in [5.41, 5.74) is 2.41. The largest absolute Gasteiger partial charge is 0.292 e. The number of nitrogens with two attached hydrogens (primary N) is 1. The van der Waals surface area contributed by atoms with Gasteiger partial charge in [0.1, 0.15) is 6.33 Å². The topological polar surface area (TPSA) is 112 Å². The second kappa shape index (κ2) is 4.89. The van der Waals surface area contributed by atoms with Gasteiger partial charge < -0.3 is 0 Å². The molecule has 0 saturated heterocycles. The van der Waals surface area contributed by atoms with E-state index in [0.717, 1.165) is 3.57 Å². The first-order valence-electron chi connectivity index (χ1n) is 5.18. The molecular weight excluding hydrogens is 361 g/mol. The highest BCUT2D eigenvalue weighted by Crippen LogP contribution is 2.10. The van der Waals surface area contributed by atoms with Crippen LogP contribution in [0.1, 0.15) is 0 Å². The lowest BCUT2D eigenvalue weighted by Gasteiger charge is -2.06. The molecule has 0 spiro atoms. The van der Waals surface area contributed by atoms with Crippen LogP contribution in [0.25, 0.3) is 11.9 Å². The molecule has 0 unspecified atom stereocenters. The number of nitrogens with zero attached hydrogens (tertiary/aromatic N) is 7. The van der Waals surface area contributed by atoms with Gasteiger partial charge in [0, 0.05) is 18.6 Å². The van der Waals surface area contributed by atoms with Crippen LogP contribution in [-0.2, 0) is 0 Å². The summed E-state index contributed by atoms with van der Waals surface area (Å²) >= 11 is 2.15. The molecule has 3 heterocycles. The minimum absolute atomic E-state index is 0.249. The zero-order valence-electron chi connectivity index (χ0n) is 9.47. The SMILES string of the molecule is NNc1nc(-n2ccnc2)nc(-n2cc(I)cn2)n1. The zero-order valence-corrected chi connectivity index (χ0v) is 11.6. The number of anilines is 1. The molecule has 0 fully saturated rings. The lowest BCUT2D eigenvalue weighted by Crippen LogP contribution is -2.16. The molecular formula is C9H8IN9. The average Bonchev–Trinajstić information content (AvgIpc) is 3.09. The molecule has 0 aromatic carbocycles. The first-order valence-corrected chi connectivity index (χ1v) is 6.26. The maximum absolute atomic E-state index is 5.37. The smallest absolute Gasteiger partial charge is 0.257 e. The molecule has 0 saturated carbocycles. The third-order valence-corrected chi connectivity index (χ3v) is 2.79. The van der Waals surface area contributed by atoms with E-state index < -0.39 is 0 Å². The number of aromatic nitrogens is 7. The molecule has 0 radical (unpaired) electrons. The fourth-order valence-electron chi connectivity index (χ4n) is 1.42. The third kappa shape index (κ3) is 2.39. The molecule has 3 N–H and O–H groups in total. The van der Waals surface area contributed by atoms with Gasteiger partial charge in [-0.25, -0.2) is 15.5 Å². The van der Waals surface area contributed by atoms with Crippen molar-refractivity contribution in [2.45, 2.75) is 0 Å². The van der Waals surface area contributed by atoms with E-state index in [0.29, 0.717) is 11.9 Å². The summed E-state index contributed by atoms with van der Waals surface area (Å²) in [7, 11) is 0. The predicted molar refractivity (Wildman–Crippen MR) is 74.6 cm³/mol. The van der Waals surface area contributed by atoms with Gasteiger partial charge >= 0.3 is 0 Å². The Morgan fingerprint density at radius 1 is 1.21 bits per heavy atom. The number of imidazole rings is 1. The van der Waals surface area contributed by atoms with Crippen molar-refractivity contribution in [1.82, 2.24) is 34.3 Å². The Kier molecular flexibility index (Phi) is 3.08. The highest BCUT2D eigenvalue weighted by atomic mass is 127. The van der Waals surface area contributed by atoms with Gasteiger partial charge in [0.05, 0.1) is 9.77 Å². The van der Waals surface area contributed by atoms with Crippen molar-refractivity contribution >= 4 is 28.5 Å². The van der Waals surface area contributed by atoms with Crippen LogP contribution in [0.2, 0.25) is 0 Å². The fourth-order valence-corrected chi connectivity index (χ4v) is 1.81. The van der Waals surface area contributed by atoms with E-state index >= 15 is 0 Å². The van der Waals surface area contributed by atoms with Gasteiger partial charge in [-0.15, -0.1) is 0 Å². The van der Waals surface area contributed by atoms with Crippen LogP contribution < -0.4 is 11.3 Å². The first kappa shape index (κ1) is 12.0. The maximum atomic E-state index is 5.37. The Balaban J connectivity index is 2.12. The maximum Gasteiger partial charge on any atom is 0.257 e. The Labute approximate surface area is 121 Å². The van der Waals surface area contributed by atoms with Crippen molar-refractivity contribution in [2.75, 3.05) is 5.43 Å². The van der Waals surface area contributed by atoms with E-state index in [-0.39, 0.29) is 5.95 Å². The summed E-state index contributed by atoms with van der Waals surface area (Å²) in [6, 6.07) is 0. The minimum Gasteiger partial charge on any atom is -0.292 e. The first-order chi connectivity index (χ1) is 9.26. The minimum atomic E-state index is 0.249. The number of halogens is 1. The zero-order chi connectivity index (χ0) is 13.2. The molecule has 3 rings (SSSR count). The van der Waals surface area contributed by atoms with E-state index in [1.54, 1.807) is 40.4 Å². The fraction of sp³-hybridized carbons (Fsp3) is 0. The molecule has 96 valence electrons. The van der Waals surface area contributed by atoms with Crippen molar-refractivity contribution in [3.05, 3.63) is 34.7 Å². The van der Waals surface area contributed by atoms with Crippen molar-refractivity contribution < 1.29 is 0 Å². The summed E-state index contributed by atoms with van der Waals surface area (Å²) in [5, 5.41) is 4.15. The Bertz CT molecular complexity index is 690. The van der Waals surface area contributed by atoms with Crippen LogP contribution in [0.15, 0.2) is 31.1 Å². The van der Waals surface area contributed by atoms with Crippen LogP contribution in [0, 0.1) is 3.57 Å². The van der Waals surface area contributed by atoms with E-state index in [1.807, 2.05) is 0 Å². The molecule has 0 aliphatic heterocycles. The number of hydrazine groups is 1. The normalized spacial score (nSPS) is 10.6. The molecule has 0 amide bonds. The average molecular weight is 369 g/mol. The number of rotatable bonds is 3. The second-order valence-corrected chi connectivity index (χ2v) is 4.72. The molecule has 0 aliphatic rings. The molecule has 3 aromatic heterocycles. The van der Waals surface area contributed by atoms with Gasteiger partial charge in [-0.05, 0) is 22.6 Å². The summed E-state index contributed by atoms with van der Waals surface area (Å²) in [6.45, 7) is 0. The summed E-state index contributed by atoms with van der Waals surface area (Å²) in [6.07, 6.45) is 8.46. The van der Waals surface area contributed by atoms with Gasteiger partial charge in [0.2, 0.25) is 11.9 Å². The van der Waals surface area contributed by atoms with E-state index in [1.165, 1.54) is 0 Å². The van der Waals surface area contributed by atoms with E-state index in [4.69, 9.17) is 5.84 Å². The predicted octanol–water partition coefficient (Wildman–Crippen LogP) is 0.133. The van der Waals surface area contributed by atoms with Crippen LogP contribution in [0.3, 0.4) is 0 Å². The summed E-state index contributed by atoms with van der Waals surface area (Å²) in [5.74, 6) is 6.39. The Hall–Kier alpha value is -2.08. The Morgan fingerprint density at radius 2 is 2.05 bits per heavy atom. The molecule has 19 heavy (non-hydrogen) atoms. The van der Waals surface area contributed by atoms with Crippen LogP contribution >= 0.6 is 22.6 Å². The summed E-state index contributed by atoms with van der Waals surface area (Å²) in [4.78, 5) is 16.6. The number of hydrogen-bond acceptors (Lipinski definition) is 7. The van der Waals surface area contributed by atoms with Gasteiger partial charge in [-0.3, -0.25) is 9.99 Å². The molecule has 0 atom stereocenters. The Morgan fingerprint density at radius 3 is 2.68 bits per heavy atom. The van der Waals surface area contributed by atoms with E-state index in [2.05, 4.69) is 53.1 Å². The second-order valence-electron chi connectivity index (χ2n) is 3.48. The molecule has 0 aliphatic carbocycles. The number of hydrogen-bond donors (Lipinski definition) is 2. The number of nitrogens with one attached hydrogen (secondary N) is 1. The van der Waals surface area contributed by atoms with Crippen molar-refractivity contribution in [3.63, 3.8) is 0 Å². The number of nitrogen functional groups attached to an aromatic ring is 1. The van der Waals surface area contributed by atoms with Gasteiger partial charge in [0.15, 0.2) is 0 Å². The van der Waals surface area contributed by atoms with Gasteiger partial charge in [-0.2, -0.15) is 20.1 Å². The monoisotopic (exact) mass is 369 g/mol. The van der Waals surface area contributed by atoms with Gasteiger partial charge in [-0.1, -0.05) is 0 Å². The molecule has 10 heteroatoms. The molecule has 3 aromatic rings. The highest BCUT2D eigenvalue weighted by Gasteiger charge is 2.09. The lowest BCUT2D eigenvalue weighted by molar-refractivity contribution is 0.775. The van der Waals surface area contributed by atoms with Crippen molar-refractivity contribution in [1.29, 1.82) is 0 Å². The van der Waals surface area contributed by atoms with Crippen LogP contribution in [0.4, 0.5) is 5.95 Å². The van der Waals surface area contributed by atoms with Crippen molar-refractivity contribution in [2.24, 2.45) is 5.84 Å². The van der Waals surface area contributed by atoms with Crippen LogP contribution in [-0.4, -0.2) is 34.3 Å². The third-order valence-electron chi connectivity index (χ3n) is 2.23. The van der Waals surface area contributed by atoms with Crippen LogP contribution in [0.5, 0.6) is 0 Å². The molecule has 0 bridgehead atoms. The standard InChI is InChI=1S/C9H8IN9/c10-6-3-13-19(4-6)9-15-7(17-11)14-8(16-9)18-2-1-12-5-18/h1-5H,11H2,(H,14,15,16,17). The lowest BCUT2D eigenvalue weighted by atomic mass is 10.7. The van der Waals surface area contributed by atoms with E-state index in [9.17, 15) is 0 Å². The van der Waals surface area contributed by atoms with Gasteiger partial charge in [0.25, 0.3) is 5.95 Å². The van der Waals surface area contributed by atoms with Crippen molar-refractivity contribution in [3.8, 4) is 11.9 Å². The highest BCUT2D eigenvalue weighted by molar-refractivity contribution is 14.1. The quantitative estimate of drug-likeness (QED) is 0.384. The summed E-state index contributed by atoms with van der Waals surface area (Å²) < 4.78 is 4.18. The molecule has 9 nitrogen and oxygen atoms in total.